The summed E-state index contributed by atoms with van der Waals surface area (Å²) >= 11 is 0. The normalized spacial score (nSPS) is 29.7. The van der Waals surface area contributed by atoms with Crippen molar-refractivity contribution in [3.8, 4) is 0 Å². The van der Waals surface area contributed by atoms with E-state index in [2.05, 4.69) is 13.2 Å². The van der Waals surface area contributed by atoms with Gasteiger partial charge in [0.25, 0.3) is 0 Å². The van der Waals surface area contributed by atoms with E-state index in [9.17, 15) is 24.9 Å². The summed E-state index contributed by atoms with van der Waals surface area (Å²) in [6, 6.07) is 0. The number of ketones is 1. The molecule has 0 aromatic rings. The molecular weight excluding hydrogens is 344 g/mol. The molecule has 1 aliphatic heterocycles. The SMILES string of the molecule is C=C(C)C(=O)C[C@@H](CO[C@@H]1O[C@H](COC(C)=O)[C@@H](O)[C@H](O)[C@H]1O)C(=C)C. The van der Waals surface area contributed by atoms with Crippen molar-refractivity contribution in [3.05, 3.63) is 24.3 Å². The van der Waals surface area contributed by atoms with Gasteiger partial charge >= 0.3 is 5.97 Å². The maximum Gasteiger partial charge on any atom is 0.302 e. The number of carbonyl (C=O) groups excluding carboxylic acids is 2. The maximum absolute atomic E-state index is 11.9. The third kappa shape index (κ3) is 6.30. The molecule has 0 spiro atoms. The zero-order valence-corrected chi connectivity index (χ0v) is 15.4. The third-order valence-corrected chi connectivity index (χ3v) is 4.19. The van der Waals surface area contributed by atoms with Crippen LogP contribution in [0.4, 0.5) is 0 Å². The van der Waals surface area contributed by atoms with Crippen LogP contribution in [0.1, 0.15) is 27.2 Å². The lowest BCUT2D eigenvalue weighted by Gasteiger charge is -2.40. The minimum absolute atomic E-state index is 0.0131. The van der Waals surface area contributed by atoms with Crippen LogP contribution in [0.3, 0.4) is 0 Å². The number of aliphatic hydroxyl groups excluding tert-OH is 3. The highest BCUT2D eigenvalue weighted by Gasteiger charge is 2.44. The first-order valence-corrected chi connectivity index (χ1v) is 8.33. The van der Waals surface area contributed by atoms with Gasteiger partial charge in [-0.15, -0.1) is 0 Å². The van der Waals surface area contributed by atoms with Crippen molar-refractivity contribution >= 4 is 11.8 Å². The van der Waals surface area contributed by atoms with Gasteiger partial charge in [-0.1, -0.05) is 18.7 Å². The number of allylic oxidation sites excluding steroid dienone is 1. The molecule has 1 saturated heterocycles. The van der Waals surface area contributed by atoms with Gasteiger partial charge in [0, 0.05) is 19.3 Å². The lowest BCUT2D eigenvalue weighted by Crippen LogP contribution is -2.59. The van der Waals surface area contributed by atoms with Crippen molar-refractivity contribution in [2.45, 2.75) is 57.9 Å². The summed E-state index contributed by atoms with van der Waals surface area (Å²) in [5.74, 6) is -1.03. The van der Waals surface area contributed by atoms with Gasteiger partial charge in [0.05, 0.1) is 6.61 Å². The van der Waals surface area contributed by atoms with E-state index in [-0.39, 0.29) is 31.3 Å². The molecule has 0 unspecified atom stereocenters. The van der Waals surface area contributed by atoms with E-state index in [1.54, 1.807) is 13.8 Å². The Hall–Kier alpha value is -1.58. The predicted molar refractivity (Wildman–Crippen MR) is 92.0 cm³/mol. The molecule has 1 heterocycles. The molecule has 1 rings (SSSR count). The molecule has 8 heteroatoms. The molecule has 0 radical (unpaired) electrons. The largest absolute Gasteiger partial charge is 0.463 e. The third-order valence-electron chi connectivity index (χ3n) is 4.19. The Morgan fingerprint density at radius 1 is 1.08 bits per heavy atom. The van der Waals surface area contributed by atoms with Crippen molar-refractivity contribution in [2.75, 3.05) is 13.2 Å². The number of hydrogen-bond donors (Lipinski definition) is 3. The Balaban J connectivity index is 2.72. The summed E-state index contributed by atoms with van der Waals surface area (Å²) in [5, 5.41) is 29.9. The lowest BCUT2D eigenvalue weighted by atomic mass is 9.94. The van der Waals surface area contributed by atoms with Crippen molar-refractivity contribution in [2.24, 2.45) is 5.92 Å². The molecule has 0 aliphatic carbocycles. The predicted octanol–water partition coefficient (Wildman–Crippen LogP) is 0.101. The minimum Gasteiger partial charge on any atom is -0.463 e. The summed E-state index contributed by atoms with van der Waals surface area (Å²) < 4.78 is 15.7. The van der Waals surface area contributed by atoms with Crippen LogP contribution in [0.15, 0.2) is 24.3 Å². The first-order chi connectivity index (χ1) is 12.0. The highest BCUT2D eigenvalue weighted by atomic mass is 16.7. The standard InChI is InChI=1S/C18H28O8/c1-9(2)12(6-13(20)10(3)4)7-25-18-17(23)16(22)15(21)14(26-18)8-24-11(5)19/h12,14-18,21-23H,1,3,6-8H2,2,4-5H3/t12-,14+,15+,16-,17+,18+/m0/s1. The summed E-state index contributed by atoms with van der Waals surface area (Å²) in [6.07, 6.45) is -6.63. The Morgan fingerprint density at radius 3 is 2.19 bits per heavy atom. The van der Waals surface area contributed by atoms with Crippen LogP contribution < -0.4 is 0 Å². The zero-order valence-electron chi connectivity index (χ0n) is 15.4. The van der Waals surface area contributed by atoms with Crippen LogP contribution in [0.5, 0.6) is 0 Å². The van der Waals surface area contributed by atoms with E-state index >= 15 is 0 Å². The van der Waals surface area contributed by atoms with Crippen LogP contribution in [0.2, 0.25) is 0 Å². The molecule has 0 aromatic heterocycles. The average Bonchev–Trinajstić information content (AvgIpc) is 2.56. The van der Waals surface area contributed by atoms with Gasteiger partial charge in [0.1, 0.15) is 31.0 Å². The van der Waals surface area contributed by atoms with Crippen molar-refractivity contribution in [1.29, 1.82) is 0 Å². The Bertz CT molecular complexity index is 543. The van der Waals surface area contributed by atoms with E-state index in [1.807, 2.05) is 0 Å². The van der Waals surface area contributed by atoms with Gasteiger partial charge in [-0.05, 0) is 19.4 Å². The second-order valence-electron chi connectivity index (χ2n) is 6.60. The number of hydrogen-bond acceptors (Lipinski definition) is 8. The lowest BCUT2D eigenvalue weighted by molar-refractivity contribution is -0.303. The molecule has 148 valence electrons. The van der Waals surface area contributed by atoms with Gasteiger partial charge in [-0.25, -0.2) is 0 Å². The van der Waals surface area contributed by atoms with Crippen LogP contribution in [-0.2, 0) is 23.8 Å². The first kappa shape index (κ1) is 22.5. The monoisotopic (exact) mass is 372 g/mol. The summed E-state index contributed by atoms with van der Waals surface area (Å²) in [6.45, 7) is 11.7. The van der Waals surface area contributed by atoms with Gasteiger partial charge < -0.3 is 29.5 Å². The number of carbonyl (C=O) groups is 2. The number of esters is 1. The molecule has 1 fully saturated rings. The van der Waals surface area contributed by atoms with E-state index in [1.165, 1.54) is 6.92 Å². The fourth-order valence-electron chi connectivity index (χ4n) is 2.38. The highest BCUT2D eigenvalue weighted by molar-refractivity contribution is 5.94. The molecule has 0 amide bonds. The number of rotatable bonds is 9. The summed E-state index contributed by atoms with van der Waals surface area (Å²) in [5.41, 5.74) is 1.13. The Kier molecular flexibility index (Phi) is 8.58. The topological polar surface area (TPSA) is 123 Å². The summed E-state index contributed by atoms with van der Waals surface area (Å²) in [4.78, 5) is 22.8. The molecule has 6 atom stereocenters. The fourth-order valence-corrected chi connectivity index (χ4v) is 2.38. The molecule has 26 heavy (non-hydrogen) atoms. The fraction of sp³-hybridized carbons (Fsp3) is 0.667. The smallest absolute Gasteiger partial charge is 0.302 e. The number of Topliss-reactive ketones (excluding diaryl/α,β-unsaturated/α-hetero) is 1. The quantitative estimate of drug-likeness (QED) is 0.296. The van der Waals surface area contributed by atoms with Crippen LogP contribution >= 0.6 is 0 Å². The van der Waals surface area contributed by atoms with E-state index in [4.69, 9.17) is 14.2 Å². The molecule has 0 saturated carbocycles. The molecule has 3 N–H and O–H groups in total. The van der Waals surface area contributed by atoms with E-state index in [0.29, 0.717) is 11.1 Å². The average molecular weight is 372 g/mol. The van der Waals surface area contributed by atoms with E-state index < -0.39 is 36.7 Å². The van der Waals surface area contributed by atoms with Gasteiger partial charge in [0.2, 0.25) is 0 Å². The van der Waals surface area contributed by atoms with Crippen LogP contribution in [0.25, 0.3) is 0 Å². The highest BCUT2D eigenvalue weighted by Crippen LogP contribution is 2.24. The van der Waals surface area contributed by atoms with Crippen LogP contribution in [0, 0.1) is 5.92 Å². The number of ether oxygens (including phenoxy) is 3. The Morgan fingerprint density at radius 2 is 1.69 bits per heavy atom. The maximum atomic E-state index is 11.9. The zero-order chi connectivity index (χ0) is 20.0. The molecule has 1 aliphatic rings. The van der Waals surface area contributed by atoms with Gasteiger partial charge in [-0.2, -0.15) is 0 Å². The second kappa shape index (κ2) is 9.94. The summed E-state index contributed by atoms with van der Waals surface area (Å²) in [7, 11) is 0. The Labute approximate surface area is 153 Å². The van der Waals surface area contributed by atoms with Gasteiger partial charge in [-0.3, -0.25) is 9.59 Å². The molecule has 0 bridgehead atoms. The van der Waals surface area contributed by atoms with E-state index in [0.717, 1.165) is 0 Å². The molecule has 0 aromatic carbocycles. The molecular formula is C18H28O8. The second-order valence-corrected chi connectivity index (χ2v) is 6.60. The van der Waals surface area contributed by atoms with Gasteiger partial charge in [0.15, 0.2) is 12.1 Å². The van der Waals surface area contributed by atoms with Crippen molar-refractivity contribution < 1.29 is 39.1 Å². The number of aliphatic hydroxyl groups is 3. The minimum atomic E-state index is -1.53. The molecule has 8 nitrogen and oxygen atoms in total. The first-order valence-electron chi connectivity index (χ1n) is 8.33. The van der Waals surface area contributed by atoms with Crippen molar-refractivity contribution in [3.63, 3.8) is 0 Å². The van der Waals surface area contributed by atoms with Crippen molar-refractivity contribution in [1.82, 2.24) is 0 Å². The van der Waals surface area contributed by atoms with Crippen LogP contribution in [-0.4, -0.2) is 71.0 Å².